The van der Waals surface area contributed by atoms with E-state index in [2.05, 4.69) is 15.6 Å². The van der Waals surface area contributed by atoms with Crippen LogP contribution >= 0.6 is 0 Å². The molecule has 0 saturated heterocycles. The van der Waals surface area contributed by atoms with Gasteiger partial charge in [0.15, 0.2) is 0 Å². The summed E-state index contributed by atoms with van der Waals surface area (Å²) >= 11 is 0. The van der Waals surface area contributed by atoms with Crippen LogP contribution in [0.25, 0.3) is 0 Å². The first-order valence-corrected chi connectivity index (χ1v) is 9.52. The van der Waals surface area contributed by atoms with Crippen molar-refractivity contribution < 1.29 is 9.59 Å². The van der Waals surface area contributed by atoms with Crippen LogP contribution in [0.4, 0.5) is 0 Å². The van der Waals surface area contributed by atoms with Crippen molar-refractivity contribution in [2.45, 2.75) is 58.0 Å². The van der Waals surface area contributed by atoms with Crippen LogP contribution in [0.1, 0.15) is 51.0 Å². The van der Waals surface area contributed by atoms with E-state index in [1.807, 2.05) is 12.1 Å². The van der Waals surface area contributed by atoms with Crippen molar-refractivity contribution in [3.05, 3.63) is 30.1 Å². The minimum atomic E-state index is -0.503. The number of hydrogen-bond donors (Lipinski definition) is 2. The molecule has 134 valence electrons. The highest BCUT2D eigenvalue weighted by Gasteiger charge is 2.54. The number of aromatic nitrogens is 1. The van der Waals surface area contributed by atoms with E-state index >= 15 is 0 Å². The van der Waals surface area contributed by atoms with Crippen LogP contribution in [0.3, 0.4) is 0 Å². The predicted octanol–water partition coefficient (Wildman–Crippen LogP) is 2.42. The van der Waals surface area contributed by atoms with Crippen LogP contribution < -0.4 is 10.6 Å². The van der Waals surface area contributed by atoms with Crippen molar-refractivity contribution >= 4 is 11.8 Å². The number of carbonyl (C=O) groups excluding carboxylic acids is 2. The summed E-state index contributed by atoms with van der Waals surface area (Å²) in [7, 11) is 0. The largest absolute Gasteiger partial charge is 0.350 e. The summed E-state index contributed by atoms with van der Waals surface area (Å²) in [5.41, 5.74) is 0.752. The fourth-order valence-electron chi connectivity index (χ4n) is 5.65. The summed E-state index contributed by atoms with van der Waals surface area (Å²) in [6.07, 6.45) is 10.5. The van der Waals surface area contributed by atoms with Crippen molar-refractivity contribution in [2.24, 2.45) is 23.2 Å². The molecule has 25 heavy (non-hydrogen) atoms. The van der Waals surface area contributed by atoms with E-state index in [0.717, 1.165) is 42.6 Å². The first-order chi connectivity index (χ1) is 12.0. The van der Waals surface area contributed by atoms with Gasteiger partial charge in [0.2, 0.25) is 11.8 Å². The van der Waals surface area contributed by atoms with Crippen LogP contribution in [-0.2, 0) is 16.1 Å². The topological polar surface area (TPSA) is 71.1 Å². The zero-order valence-corrected chi connectivity index (χ0v) is 14.8. The maximum absolute atomic E-state index is 13.0. The minimum Gasteiger partial charge on any atom is -0.350 e. The summed E-state index contributed by atoms with van der Waals surface area (Å²) in [6.45, 7) is 2.21. The monoisotopic (exact) mass is 341 g/mol. The van der Waals surface area contributed by atoms with Gasteiger partial charge in [-0.3, -0.25) is 14.6 Å². The van der Waals surface area contributed by atoms with Gasteiger partial charge in [-0.05, 0) is 74.8 Å². The minimum absolute atomic E-state index is 0.107. The maximum Gasteiger partial charge on any atom is 0.242 e. The zero-order chi connectivity index (χ0) is 17.4. The number of nitrogens with zero attached hydrogens (tertiary/aromatic N) is 1. The smallest absolute Gasteiger partial charge is 0.242 e. The summed E-state index contributed by atoms with van der Waals surface area (Å²) < 4.78 is 0. The molecule has 4 aliphatic rings. The molecule has 4 fully saturated rings. The Balaban J connectivity index is 1.33. The maximum atomic E-state index is 13.0. The van der Waals surface area contributed by atoms with Gasteiger partial charge in [-0.1, -0.05) is 6.07 Å². The van der Waals surface area contributed by atoms with E-state index in [-0.39, 0.29) is 17.2 Å². The SMILES string of the molecule is C[C@@H](NC(=O)C12CC3CC(CC(C3)C1)C2)C(=O)NCc1cccnc1. The first-order valence-electron chi connectivity index (χ1n) is 9.52. The van der Waals surface area contributed by atoms with Crippen LogP contribution in [0, 0.1) is 23.2 Å². The summed E-state index contributed by atoms with van der Waals surface area (Å²) in [5, 5.41) is 5.89. The molecule has 0 radical (unpaired) electrons. The molecule has 5 nitrogen and oxygen atoms in total. The normalized spacial score (nSPS) is 33.7. The molecule has 0 spiro atoms. The Morgan fingerprint density at radius 3 is 2.40 bits per heavy atom. The van der Waals surface area contributed by atoms with Gasteiger partial charge in [0.1, 0.15) is 6.04 Å². The molecular formula is C20H27N3O2. The van der Waals surface area contributed by atoms with Crippen molar-refractivity contribution in [3.8, 4) is 0 Å². The number of pyridine rings is 1. The highest BCUT2D eigenvalue weighted by atomic mass is 16.2. The van der Waals surface area contributed by atoms with Crippen LogP contribution in [0.15, 0.2) is 24.5 Å². The van der Waals surface area contributed by atoms with Gasteiger partial charge >= 0.3 is 0 Å². The number of rotatable bonds is 5. The van der Waals surface area contributed by atoms with Crippen molar-refractivity contribution in [1.82, 2.24) is 15.6 Å². The Hall–Kier alpha value is -1.91. The van der Waals surface area contributed by atoms with Crippen molar-refractivity contribution in [2.75, 3.05) is 0 Å². The summed E-state index contributed by atoms with van der Waals surface area (Å²) in [5.74, 6) is 2.16. The Bertz CT molecular complexity index is 623. The Morgan fingerprint density at radius 1 is 1.20 bits per heavy atom. The second-order valence-corrected chi connectivity index (χ2v) is 8.47. The van der Waals surface area contributed by atoms with Gasteiger partial charge < -0.3 is 10.6 Å². The van der Waals surface area contributed by atoms with Crippen molar-refractivity contribution in [1.29, 1.82) is 0 Å². The van der Waals surface area contributed by atoms with Crippen LogP contribution in [-0.4, -0.2) is 22.8 Å². The van der Waals surface area contributed by atoms with E-state index in [9.17, 15) is 9.59 Å². The number of amides is 2. The molecule has 0 unspecified atom stereocenters. The van der Waals surface area contributed by atoms with E-state index in [1.165, 1.54) is 19.3 Å². The number of hydrogen-bond acceptors (Lipinski definition) is 3. The second-order valence-electron chi connectivity index (χ2n) is 8.47. The first kappa shape index (κ1) is 16.6. The molecule has 0 aliphatic heterocycles. The molecule has 1 aromatic heterocycles. The second kappa shape index (κ2) is 6.43. The van der Waals surface area contributed by atoms with Crippen molar-refractivity contribution in [3.63, 3.8) is 0 Å². The Labute approximate surface area is 149 Å². The lowest BCUT2D eigenvalue weighted by atomic mass is 9.49. The lowest BCUT2D eigenvalue weighted by Crippen LogP contribution is -2.56. The molecule has 5 rings (SSSR count). The third kappa shape index (κ3) is 3.29. The molecule has 2 N–H and O–H groups in total. The van der Waals surface area contributed by atoms with Crippen LogP contribution in [0.5, 0.6) is 0 Å². The molecule has 4 saturated carbocycles. The molecule has 5 heteroatoms. The Morgan fingerprint density at radius 2 is 1.84 bits per heavy atom. The van der Waals surface area contributed by atoms with E-state index in [4.69, 9.17) is 0 Å². The molecule has 4 bridgehead atoms. The van der Waals surface area contributed by atoms with Gasteiger partial charge in [0.05, 0.1) is 0 Å². The Kier molecular flexibility index (Phi) is 4.26. The van der Waals surface area contributed by atoms with Gasteiger partial charge in [0, 0.05) is 24.4 Å². The number of carbonyl (C=O) groups is 2. The summed E-state index contributed by atoms with van der Waals surface area (Å²) in [4.78, 5) is 29.4. The fraction of sp³-hybridized carbons (Fsp3) is 0.650. The number of nitrogens with one attached hydrogen (secondary N) is 2. The fourth-order valence-corrected chi connectivity index (χ4v) is 5.65. The molecule has 1 atom stereocenters. The highest BCUT2D eigenvalue weighted by Crippen LogP contribution is 2.60. The molecule has 4 aliphatic carbocycles. The molecular weight excluding hydrogens is 314 g/mol. The molecule has 1 heterocycles. The van der Waals surface area contributed by atoms with Crippen LogP contribution in [0.2, 0.25) is 0 Å². The quantitative estimate of drug-likeness (QED) is 0.864. The predicted molar refractivity (Wildman–Crippen MR) is 94.3 cm³/mol. The van der Waals surface area contributed by atoms with E-state index < -0.39 is 6.04 Å². The molecule has 0 aromatic carbocycles. The van der Waals surface area contributed by atoms with Gasteiger partial charge in [0.25, 0.3) is 0 Å². The highest BCUT2D eigenvalue weighted by molar-refractivity contribution is 5.90. The summed E-state index contributed by atoms with van der Waals surface area (Å²) in [6, 6.07) is 3.27. The molecule has 1 aromatic rings. The van der Waals surface area contributed by atoms with Gasteiger partial charge in [-0.15, -0.1) is 0 Å². The average molecular weight is 341 g/mol. The third-order valence-corrected chi connectivity index (χ3v) is 6.45. The van der Waals surface area contributed by atoms with E-state index in [0.29, 0.717) is 6.54 Å². The third-order valence-electron chi connectivity index (χ3n) is 6.45. The molecule has 2 amide bonds. The average Bonchev–Trinajstić information content (AvgIpc) is 2.59. The standard InChI is InChI=1S/C20H27N3O2/c1-13(18(24)22-12-14-3-2-4-21-11-14)23-19(25)20-8-15-5-16(9-20)7-17(6-15)10-20/h2-4,11,13,15-17H,5-10,12H2,1H3,(H,22,24)(H,23,25)/t13-,15?,16?,17?,20?/m1/s1. The lowest BCUT2D eigenvalue weighted by molar-refractivity contribution is -0.148. The van der Waals surface area contributed by atoms with Gasteiger partial charge in [-0.2, -0.15) is 0 Å². The lowest BCUT2D eigenvalue weighted by Gasteiger charge is -2.55. The van der Waals surface area contributed by atoms with E-state index in [1.54, 1.807) is 19.3 Å². The zero-order valence-electron chi connectivity index (χ0n) is 14.8. The van der Waals surface area contributed by atoms with Gasteiger partial charge in [-0.25, -0.2) is 0 Å².